The second kappa shape index (κ2) is 12.8. The van der Waals surface area contributed by atoms with E-state index in [0.717, 1.165) is 66.3 Å². The van der Waals surface area contributed by atoms with Crippen molar-refractivity contribution in [2.75, 3.05) is 32.8 Å². The molecule has 41 heavy (non-hydrogen) atoms. The number of para-hydroxylation sites is 1. The van der Waals surface area contributed by atoms with E-state index in [-0.39, 0.29) is 5.91 Å². The Labute approximate surface area is 239 Å². The molecule has 0 saturated carbocycles. The molecule has 1 aliphatic heterocycles. The summed E-state index contributed by atoms with van der Waals surface area (Å²) in [5.41, 5.74) is 2.29. The first-order valence-corrected chi connectivity index (χ1v) is 14.2. The van der Waals surface area contributed by atoms with Crippen molar-refractivity contribution in [3.05, 3.63) is 97.0 Å². The number of hydrogen-bond donors (Lipinski definition) is 0. The molecule has 6 rings (SSSR count). The van der Waals surface area contributed by atoms with E-state index in [0.29, 0.717) is 38.4 Å². The number of carbonyl (C=O) groups is 1. The number of ether oxygens (including phenoxy) is 1. The molecule has 2 aromatic carbocycles. The van der Waals surface area contributed by atoms with Gasteiger partial charge in [0.05, 0.1) is 19.3 Å². The van der Waals surface area contributed by atoms with Gasteiger partial charge in [-0.05, 0) is 50.1 Å². The van der Waals surface area contributed by atoms with Gasteiger partial charge in [0.2, 0.25) is 0 Å². The molecule has 3 aromatic heterocycles. The number of benzene rings is 2. The molecule has 0 spiro atoms. The van der Waals surface area contributed by atoms with E-state index in [1.165, 1.54) is 6.20 Å². The topological polar surface area (TPSA) is 89.5 Å². The van der Waals surface area contributed by atoms with Gasteiger partial charge in [0, 0.05) is 61.9 Å². The van der Waals surface area contributed by atoms with E-state index < -0.39 is 0 Å². The van der Waals surface area contributed by atoms with E-state index >= 15 is 0 Å². The molecule has 1 aliphatic rings. The first kappa shape index (κ1) is 26.7. The maximum Gasteiger partial charge on any atom is 0.274 e. The van der Waals surface area contributed by atoms with Crippen LogP contribution in [0.25, 0.3) is 22.4 Å². The lowest BCUT2D eigenvalue weighted by molar-refractivity contribution is 0.0735. The Kier molecular flexibility index (Phi) is 8.33. The fourth-order valence-corrected chi connectivity index (χ4v) is 5.30. The zero-order chi connectivity index (χ0) is 27.9. The van der Waals surface area contributed by atoms with Gasteiger partial charge in [-0.15, -0.1) is 0 Å². The average Bonchev–Trinajstić information content (AvgIpc) is 3.65. The normalized spacial score (nSPS) is 15.7. The smallest absolute Gasteiger partial charge is 0.274 e. The molecule has 0 unspecified atom stereocenters. The maximum absolute atomic E-state index is 13.3. The highest BCUT2D eigenvalue weighted by atomic mass is 16.5. The van der Waals surface area contributed by atoms with Gasteiger partial charge in [-0.2, -0.15) is 0 Å². The van der Waals surface area contributed by atoms with Gasteiger partial charge in [0.1, 0.15) is 28.6 Å². The Morgan fingerprint density at radius 2 is 1.76 bits per heavy atom. The van der Waals surface area contributed by atoms with E-state index in [9.17, 15) is 4.79 Å². The number of carbonyl (C=O) groups excluding carboxylic acids is 1. The van der Waals surface area contributed by atoms with Gasteiger partial charge in [0.25, 0.3) is 5.91 Å². The predicted molar refractivity (Wildman–Crippen MR) is 156 cm³/mol. The molecule has 0 N–H and O–H groups in total. The van der Waals surface area contributed by atoms with E-state index in [1.807, 2.05) is 53.7 Å². The molecule has 210 valence electrons. The Morgan fingerprint density at radius 1 is 0.854 bits per heavy atom. The molecule has 4 heterocycles. The molecule has 9 heteroatoms. The van der Waals surface area contributed by atoms with Gasteiger partial charge >= 0.3 is 0 Å². The second-order valence-corrected chi connectivity index (χ2v) is 10.3. The van der Waals surface area contributed by atoms with Crippen LogP contribution in [0.1, 0.15) is 35.5 Å². The summed E-state index contributed by atoms with van der Waals surface area (Å²) in [6, 6.07) is 18.3. The first-order valence-electron chi connectivity index (χ1n) is 14.2. The molecular weight excluding hydrogens is 516 g/mol. The summed E-state index contributed by atoms with van der Waals surface area (Å²) in [6.07, 6.45) is 11.1. The third-order valence-electron chi connectivity index (χ3n) is 7.38. The van der Waals surface area contributed by atoms with Crippen molar-refractivity contribution in [3.8, 4) is 17.1 Å². The number of aromatic nitrogens is 4. The minimum Gasteiger partial charge on any atom is -0.494 e. The Morgan fingerprint density at radius 3 is 2.66 bits per heavy atom. The number of furan rings is 1. The highest BCUT2D eigenvalue weighted by molar-refractivity contribution is 5.91. The summed E-state index contributed by atoms with van der Waals surface area (Å²) in [5, 5.41) is 1.12. The highest BCUT2D eigenvalue weighted by Crippen LogP contribution is 2.24. The van der Waals surface area contributed by atoms with Crippen LogP contribution in [0, 0.1) is 0 Å². The van der Waals surface area contributed by atoms with Crippen LogP contribution >= 0.6 is 0 Å². The van der Waals surface area contributed by atoms with Gasteiger partial charge < -0.3 is 18.6 Å². The number of fused-ring (bicyclic) bond motifs is 5. The molecule has 0 atom stereocenters. The van der Waals surface area contributed by atoms with E-state index in [2.05, 4.69) is 42.6 Å². The molecule has 0 saturated heterocycles. The van der Waals surface area contributed by atoms with Crippen molar-refractivity contribution in [2.45, 2.75) is 32.4 Å². The summed E-state index contributed by atoms with van der Waals surface area (Å²) in [7, 11) is 0. The molecule has 2 bridgehead atoms. The Bertz CT molecular complexity index is 1550. The largest absolute Gasteiger partial charge is 0.494 e. The van der Waals surface area contributed by atoms with Crippen LogP contribution in [0.4, 0.5) is 0 Å². The van der Waals surface area contributed by atoms with Gasteiger partial charge in [0.15, 0.2) is 0 Å². The standard InChI is InChI=1S/C32H34N6O3/c39-32(29-23-33-11-12-34-29)38-15-4-3-14-36(24-28-21-25-7-1-2-10-30(25)41-28)18-19-37-17-13-35-31(37)26-8-5-9-27(22-26)40-20-6-16-38/h1-2,5,7-13,17,21-23H,3-4,6,14-16,18-20,24H2. The minimum absolute atomic E-state index is 0.0948. The van der Waals surface area contributed by atoms with Crippen LogP contribution in [0.3, 0.4) is 0 Å². The lowest BCUT2D eigenvalue weighted by atomic mass is 10.2. The average molecular weight is 551 g/mol. The molecule has 0 fully saturated rings. The van der Waals surface area contributed by atoms with E-state index in [1.54, 1.807) is 12.4 Å². The number of nitrogens with zero attached hydrogens (tertiary/aromatic N) is 6. The van der Waals surface area contributed by atoms with Crippen LogP contribution < -0.4 is 4.74 Å². The minimum atomic E-state index is -0.0948. The van der Waals surface area contributed by atoms with Gasteiger partial charge in [-0.25, -0.2) is 9.97 Å². The lowest BCUT2D eigenvalue weighted by Crippen LogP contribution is -2.35. The zero-order valence-electron chi connectivity index (χ0n) is 23.1. The quantitative estimate of drug-likeness (QED) is 0.301. The molecular formula is C32H34N6O3. The summed E-state index contributed by atoms with van der Waals surface area (Å²) in [4.78, 5) is 30.6. The van der Waals surface area contributed by atoms with Crippen LogP contribution in [0.5, 0.6) is 5.75 Å². The van der Waals surface area contributed by atoms with Crippen LogP contribution in [-0.4, -0.2) is 68.0 Å². The lowest BCUT2D eigenvalue weighted by Gasteiger charge is -2.24. The van der Waals surface area contributed by atoms with Crippen molar-refractivity contribution < 1.29 is 13.9 Å². The number of imidazole rings is 1. The Balaban J connectivity index is 1.23. The van der Waals surface area contributed by atoms with Crippen molar-refractivity contribution in [1.29, 1.82) is 0 Å². The summed E-state index contributed by atoms with van der Waals surface area (Å²) >= 11 is 0. The van der Waals surface area contributed by atoms with E-state index in [4.69, 9.17) is 9.15 Å². The van der Waals surface area contributed by atoms with Gasteiger partial charge in [-0.1, -0.05) is 30.3 Å². The zero-order valence-corrected chi connectivity index (χ0v) is 23.1. The maximum atomic E-state index is 13.3. The van der Waals surface area contributed by atoms with Crippen molar-refractivity contribution in [2.24, 2.45) is 0 Å². The summed E-state index contributed by atoms with van der Waals surface area (Å²) in [5.74, 6) is 2.57. The molecule has 0 aliphatic carbocycles. The Hall–Kier alpha value is -4.50. The first-order chi connectivity index (χ1) is 20.2. The number of hydrogen-bond acceptors (Lipinski definition) is 7. The second-order valence-electron chi connectivity index (χ2n) is 10.3. The molecule has 9 nitrogen and oxygen atoms in total. The monoisotopic (exact) mass is 550 g/mol. The molecule has 1 amide bonds. The van der Waals surface area contributed by atoms with Crippen LogP contribution in [0.15, 0.2) is 90.0 Å². The van der Waals surface area contributed by atoms with Crippen molar-refractivity contribution in [1.82, 2.24) is 29.3 Å². The number of rotatable bonds is 3. The highest BCUT2D eigenvalue weighted by Gasteiger charge is 2.18. The number of amides is 1. The predicted octanol–water partition coefficient (Wildman–Crippen LogP) is 5.29. The summed E-state index contributed by atoms with van der Waals surface area (Å²) < 4.78 is 14.4. The van der Waals surface area contributed by atoms with Gasteiger partial charge in [-0.3, -0.25) is 14.7 Å². The molecule has 5 aromatic rings. The van der Waals surface area contributed by atoms with Crippen LogP contribution in [0.2, 0.25) is 0 Å². The fraction of sp³-hybridized carbons (Fsp3) is 0.312. The SMILES string of the molecule is O=C(c1cnccn1)N1CCCCN(Cc2cc3ccccc3o2)CCn2ccnc2-c2cccc(c2)OCCC1. The summed E-state index contributed by atoms with van der Waals surface area (Å²) in [6.45, 7) is 4.96. The van der Waals surface area contributed by atoms with Crippen molar-refractivity contribution >= 4 is 16.9 Å². The third kappa shape index (κ3) is 6.63. The third-order valence-corrected chi connectivity index (χ3v) is 7.38. The van der Waals surface area contributed by atoms with Crippen LogP contribution in [-0.2, 0) is 13.1 Å². The molecule has 0 radical (unpaired) electrons. The fourth-order valence-electron chi connectivity index (χ4n) is 5.30. The van der Waals surface area contributed by atoms with Crippen molar-refractivity contribution in [3.63, 3.8) is 0 Å².